The van der Waals surface area contributed by atoms with E-state index in [0.717, 1.165) is 0 Å². The molecule has 0 aliphatic carbocycles. The first-order chi connectivity index (χ1) is 7.95. The lowest BCUT2D eigenvalue weighted by Gasteiger charge is -2.18. The van der Waals surface area contributed by atoms with Crippen LogP contribution in [0.5, 0.6) is 5.75 Å². The van der Waals surface area contributed by atoms with E-state index in [4.69, 9.17) is 15.6 Å². The molecule has 0 saturated carbocycles. The summed E-state index contributed by atoms with van der Waals surface area (Å²) in [7, 11) is 1.45. The molecule has 2 atom stereocenters. The monoisotopic (exact) mass is 241 g/mol. The Bertz CT molecular complexity index is 407. The highest BCUT2D eigenvalue weighted by Gasteiger charge is 2.23. The van der Waals surface area contributed by atoms with Gasteiger partial charge in [-0.2, -0.15) is 0 Å². The molecule has 0 aliphatic heterocycles. The van der Waals surface area contributed by atoms with Gasteiger partial charge in [-0.05, 0) is 18.2 Å². The Balaban J connectivity index is 2.94. The molecule has 17 heavy (non-hydrogen) atoms. The fraction of sp³-hybridized carbons (Fsp3) is 0.364. The molecule has 0 saturated heterocycles. The highest BCUT2D eigenvalue weighted by molar-refractivity contribution is 5.67. The SMILES string of the molecule is COc1ccc(N)c(C(O)C(O)CC(=O)O)c1. The topological polar surface area (TPSA) is 113 Å². The van der Waals surface area contributed by atoms with Crippen molar-refractivity contribution in [1.82, 2.24) is 0 Å². The predicted molar refractivity (Wildman–Crippen MR) is 60.6 cm³/mol. The van der Waals surface area contributed by atoms with Crippen LogP contribution in [0.25, 0.3) is 0 Å². The number of nitrogen functional groups attached to an aromatic ring is 1. The van der Waals surface area contributed by atoms with Gasteiger partial charge in [0.25, 0.3) is 0 Å². The lowest BCUT2D eigenvalue weighted by molar-refractivity contribution is -0.141. The molecule has 94 valence electrons. The van der Waals surface area contributed by atoms with Gasteiger partial charge in [-0.1, -0.05) is 0 Å². The van der Waals surface area contributed by atoms with E-state index in [1.807, 2.05) is 0 Å². The van der Waals surface area contributed by atoms with Crippen LogP contribution in [0.3, 0.4) is 0 Å². The first-order valence-corrected chi connectivity index (χ1v) is 4.97. The van der Waals surface area contributed by atoms with Crippen molar-refractivity contribution >= 4 is 11.7 Å². The lowest BCUT2D eigenvalue weighted by Crippen LogP contribution is -2.22. The normalized spacial score (nSPS) is 14.1. The third-order valence-corrected chi connectivity index (χ3v) is 2.36. The zero-order valence-electron chi connectivity index (χ0n) is 9.33. The molecule has 2 unspecified atom stereocenters. The molecule has 0 amide bonds. The van der Waals surface area contributed by atoms with Crippen molar-refractivity contribution in [3.05, 3.63) is 23.8 Å². The summed E-state index contributed by atoms with van der Waals surface area (Å²) in [6, 6.07) is 4.59. The zero-order valence-corrected chi connectivity index (χ0v) is 9.33. The number of methoxy groups -OCH3 is 1. The summed E-state index contributed by atoms with van der Waals surface area (Å²) in [5, 5.41) is 27.8. The maximum atomic E-state index is 10.4. The molecular formula is C11H15NO5. The van der Waals surface area contributed by atoms with Crippen LogP contribution in [0.1, 0.15) is 18.1 Å². The van der Waals surface area contributed by atoms with Crippen LogP contribution in [0.4, 0.5) is 5.69 Å². The predicted octanol–water partition coefficient (Wildman–Crippen LogP) is 0.146. The number of aliphatic carboxylic acids is 1. The number of hydrogen-bond donors (Lipinski definition) is 4. The van der Waals surface area contributed by atoms with Crippen molar-refractivity contribution in [3.8, 4) is 5.75 Å². The number of rotatable bonds is 5. The Labute approximate surface area is 98.3 Å². The molecule has 0 radical (unpaired) electrons. The molecule has 6 nitrogen and oxygen atoms in total. The minimum atomic E-state index is -1.41. The van der Waals surface area contributed by atoms with E-state index in [9.17, 15) is 15.0 Å². The molecule has 1 aromatic rings. The van der Waals surface area contributed by atoms with Gasteiger partial charge in [-0.25, -0.2) is 0 Å². The smallest absolute Gasteiger partial charge is 0.306 e. The van der Waals surface area contributed by atoms with Crippen molar-refractivity contribution in [1.29, 1.82) is 0 Å². The van der Waals surface area contributed by atoms with Crippen molar-refractivity contribution in [2.45, 2.75) is 18.6 Å². The van der Waals surface area contributed by atoms with E-state index in [0.29, 0.717) is 5.75 Å². The van der Waals surface area contributed by atoms with E-state index in [-0.39, 0.29) is 11.3 Å². The molecule has 0 bridgehead atoms. The third kappa shape index (κ3) is 3.33. The van der Waals surface area contributed by atoms with E-state index in [1.165, 1.54) is 19.2 Å². The number of aliphatic hydroxyl groups excluding tert-OH is 2. The zero-order chi connectivity index (χ0) is 13.0. The number of hydrogen-bond acceptors (Lipinski definition) is 5. The Morgan fingerprint density at radius 1 is 1.47 bits per heavy atom. The minimum Gasteiger partial charge on any atom is -0.497 e. The molecule has 5 N–H and O–H groups in total. The number of carboxylic acids is 1. The van der Waals surface area contributed by atoms with Crippen LogP contribution < -0.4 is 10.5 Å². The molecular weight excluding hydrogens is 226 g/mol. The average molecular weight is 241 g/mol. The fourth-order valence-corrected chi connectivity index (χ4v) is 1.43. The fourth-order valence-electron chi connectivity index (χ4n) is 1.43. The van der Waals surface area contributed by atoms with Crippen LogP contribution in [0.15, 0.2) is 18.2 Å². The van der Waals surface area contributed by atoms with Gasteiger partial charge in [-0.3, -0.25) is 4.79 Å². The minimum absolute atomic E-state index is 0.248. The first kappa shape index (κ1) is 13.3. The maximum absolute atomic E-state index is 10.4. The molecule has 0 spiro atoms. The molecule has 1 rings (SSSR count). The first-order valence-electron chi connectivity index (χ1n) is 4.97. The number of benzene rings is 1. The average Bonchev–Trinajstić information content (AvgIpc) is 2.28. The van der Waals surface area contributed by atoms with Crippen molar-refractivity contribution in [2.75, 3.05) is 12.8 Å². The summed E-state index contributed by atoms with van der Waals surface area (Å²) >= 11 is 0. The van der Waals surface area contributed by atoms with Crippen LogP contribution in [-0.2, 0) is 4.79 Å². The van der Waals surface area contributed by atoms with Gasteiger partial charge in [0, 0.05) is 11.3 Å². The van der Waals surface area contributed by atoms with Gasteiger partial charge in [0.1, 0.15) is 11.9 Å². The van der Waals surface area contributed by atoms with Gasteiger partial charge < -0.3 is 25.8 Å². The molecule has 0 fully saturated rings. The number of nitrogens with two attached hydrogens (primary N) is 1. The van der Waals surface area contributed by atoms with E-state index >= 15 is 0 Å². The quantitative estimate of drug-likeness (QED) is 0.546. The van der Waals surface area contributed by atoms with Gasteiger partial charge in [0.15, 0.2) is 0 Å². The van der Waals surface area contributed by atoms with Gasteiger partial charge >= 0.3 is 5.97 Å². The summed E-state index contributed by atoms with van der Waals surface area (Å²) < 4.78 is 4.96. The van der Waals surface area contributed by atoms with Crippen LogP contribution in [0.2, 0.25) is 0 Å². The van der Waals surface area contributed by atoms with Crippen LogP contribution >= 0.6 is 0 Å². The molecule has 0 aliphatic rings. The number of carboxylic acid groups (broad SMARTS) is 1. The maximum Gasteiger partial charge on any atom is 0.306 e. The second-order valence-corrected chi connectivity index (χ2v) is 3.60. The van der Waals surface area contributed by atoms with Gasteiger partial charge in [0.2, 0.25) is 0 Å². The Kier molecular flexibility index (Phi) is 4.30. The highest BCUT2D eigenvalue weighted by Crippen LogP contribution is 2.28. The van der Waals surface area contributed by atoms with E-state index in [1.54, 1.807) is 6.07 Å². The molecule has 6 heteroatoms. The summed E-state index contributed by atoms with van der Waals surface area (Å²) in [6.07, 6.45) is -3.33. The standard InChI is InChI=1S/C11H15NO5/c1-17-6-2-3-8(12)7(4-6)11(16)9(13)5-10(14)15/h2-4,9,11,13,16H,5,12H2,1H3,(H,14,15). The van der Waals surface area contributed by atoms with E-state index < -0.39 is 24.6 Å². The van der Waals surface area contributed by atoms with Crippen molar-refractivity contribution in [2.24, 2.45) is 0 Å². The Morgan fingerprint density at radius 3 is 2.65 bits per heavy atom. The van der Waals surface area contributed by atoms with Crippen LogP contribution in [0, 0.1) is 0 Å². The summed E-state index contributed by atoms with van der Waals surface area (Å²) in [4.78, 5) is 10.4. The number of anilines is 1. The van der Waals surface area contributed by atoms with Gasteiger partial charge in [0.05, 0.1) is 19.6 Å². The van der Waals surface area contributed by atoms with Crippen molar-refractivity contribution in [3.63, 3.8) is 0 Å². The lowest BCUT2D eigenvalue weighted by atomic mass is 10.0. The summed E-state index contributed by atoms with van der Waals surface area (Å²) in [6.45, 7) is 0. The van der Waals surface area contributed by atoms with Gasteiger partial charge in [-0.15, -0.1) is 0 Å². The molecule has 0 aromatic heterocycles. The number of ether oxygens (including phenoxy) is 1. The summed E-state index contributed by atoms with van der Waals surface area (Å²) in [5.74, 6) is -0.728. The second kappa shape index (κ2) is 5.51. The van der Waals surface area contributed by atoms with Crippen LogP contribution in [-0.4, -0.2) is 34.5 Å². The third-order valence-electron chi connectivity index (χ3n) is 2.36. The number of aliphatic hydroxyl groups is 2. The Morgan fingerprint density at radius 2 is 2.12 bits per heavy atom. The Hall–Kier alpha value is -1.79. The molecule has 0 heterocycles. The second-order valence-electron chi connectivity index (χ2n) is 3.60. The van der Waals surface area contributed by atoms with Crippen molar-refractivity contribution < 1.29 is 24.9 Å². The molecule has 1 aromatic carbocycles. The number of carbonyl (C=O) groups is 1. The van der Waals surface area contributed by atoms with E-state index in [2.05, 4.69) is 0 Å². The largest absolute Gasteiger partial charge is 0.497 e. The summed E-state index contributed by atoms with van der Waals surface area (Å²) in [5.41, 5.74) is 6.15. The highest BCUT2D eigenvalue weighted by atomic mass is 16.5.